The van der Waals surface area contributed by atoms with Crippen molar-refractivity contribution < 1.29 is 23.8 Å². The van der Waals surface area contributed by atoms with E-state index in [-0.39, 0.29) is 31.5 Å². The monoisotopic (exact) mass is 1320 g/mol. The summed E-state index contributed by atoms with van der Waals surface area (Å²) >= 11 is 0. The minimum Gasteiger partial charge on any atom is -0.464 e. The molecule has 9 heterocycles. The quantitative estimate of drug-likeness (QED) is 0.0327. The van der Waals surface area contributed by atoms with E-state index in [9.17, 15) is 9.59 Å². The third-order valence-electron chi connectivity index (χ3n) is 19.1. The van der Waals surface area contributed by atoms with Gasteiger partial charge in [0.05, 0.1) is 32.9 Å². The third-order valence-corrected chi connectivity index (χ3v) is 19.1. The number of benzene rings is 2. The number of nitrogens with zero attached hydrogens (tertiary/aromatic N) is 14. The van der Waals surface area contributed by atoms with Crippen LogP contribution < -0.4 is 46.1 Å². The van der Waals surface area contributed by atoms with Gasteiger partial charge in [-0.05, 0) is 133 Å². The molecule has 22 heteroatoms. The maximum atomic E-state index is 13.4. The molecule has 3 saturated heterocycles. The summed E-state index contributed by atoms with van der Waals surface area (Å²) in [5.74, 6) is 5.94. The highest BCUT2D eigenvalue weighted by atomic mass is 16.5. The number of nitrogens with two attached hydrogens (primary N) is 3. The lowest BCUT2D eigenvalue weighted by Crippen LogP contribution is -2.49. The third kappa shape index (κ3) is 21.2. The normalized spacial score (nSPS) is 17.7. The van der Waals surface area contributed by atoms with Gasteiger partial charge < -0.3 is 60.8 Å². The minimum absolute atomic E-state index is 0. The fourth-order valence-corrected chi connectivity index (χ4v) is 13.5. The number of fused-ring (bicyclic) bond motifs is 3. The van der Waals surface area contributed by atoms with Crippen molar-refractivity contribution in [3.63, 3.8) is 0 Å². The highest BCUT2D eigenvalue weighted by Crippen LogP contribution is 2.37. The number of carbonyl (C=O) groups is 2. The Morgan fingerprint density at radius 1 is 0.573 bits per heavy atom. The average molecular weight is 1320 g/mol. The average Bonchev–Trinajstić information content (AvgIpc) is 0.862. The first-order valence-corrected chi connectivity index (χ1v) is 35.4. The van der Waals surface area contributed by atoms with E-state index >= 15 is 0 Å². The molecule has 3 aromatic heterocycles. The molecule has 0 spiro atoms. The molecule has 5 aromatic rings. The van der Waals surface area contributed by atoms with Gasteiger partial charge in [0.15, 0.2) is 5.78 Å². The predicted octanol–water partition coefficient (Wildman–Crippen LogP) is 9.31. The van der Waals surface area contributed by atoms with Crippen molar-refractivity contribution in [3.05, 3.63) is 112 Å². The van der Waals surface area contributed by atoms with Crippen LogP contribution in [0.15, 0.2) is 78.9 Å². The Hall–Kier alpha value is -7.66. The summed E-state index contributed by atoms with van der Waals surface area (Å²) in [5.41, 5.74) is 27.2. The summed E-state index contributed by atoms with van der Waals surface area (Å²) in [4.78, 5) is 71.0. The second-order valence-corrected chi connectivity index (χ2v) is 27.2. The minimum atomic E-state index is 0. The first-order chi connectivity index (χ1) is 46.2. The summed E-state index contributed by atoms with van der Waals surface area (Å²) in [6, 6.07) is 19.8. The zero-order chi connectivity index (χ0) is 66.6. The zero-order valence-electron chi connectivity index (χ0n) is 57.5. The van der Waals surface area contributed by atoms with Crippen LogP contribution >= 0.6 is 0 Å². The number of likely N-dealkylation sites (tertiary alicyclic amines) is 2. The molecular formula is C74H111N17O5. The van der Waals surface area contributed by atoms with Crippen molar-refractivity contribution in [1.82, 2.24) is 54.4 Å². The largest absolute Gasteiger partial charge is 0.464 e. The number of piperazine rings is 1. The van der Waals surface area contributed by atoms with Crippen LogP contribution in [-0.2, 0) is 48.5 Å². The molecular weight excluding hydrogens is 1210 g/mol. The molecule has 0 unspecified atom stereocenters. The van der Waals surface area contributed by atoms with Gasteiger partial charge in [-0.2, -0.15) is 29.9 Å². The SMILES string of the molecule is C.C=C1Cc2c(N)nc(OCCCC)nc2N(CCC2CCN(CC3CC3)CC2)C1.C=C1Cc2c(N)nc(OCCCC)nc2N(CCCN(Cc2ccccc2)C(=O)CN2CCN(C)CC2)C1.CCOc1nc(N)c2c(n1)N(Cc1cccc(CN3CCCC3)c1)CC(=O)C2. The van der Waals surface area contributed by atoms with Crippen LogP contribution in [0.1, 0.15) is 139 Å². The molecule has 6 aliphatic heterocycles. The topological polar surface area (TPSA) is 243 Å². The van der Waals surface area contributed by atoms with E-state index in [1.54, 1.807) is 0 Å². The van der Waals surface area contributed by atoms with Gasteiger partial charge >= 0.3 is 18.0 Å². The number of hydrogen-bond acceptors (Lipinski definition) is 21. The van der Waals surface area contributed by atoms with E-state index in [4.69, 9.17) is 41.4 Å². The van der Waals surface area contributed by atoms with E-state index in [1.165, 1.54) is 88.8 Å². The molecule has 0 radical (unpaired) electrons. The van der Waals surface area contributed by atoms with E-state index in [0.717, 1.165) is 142 Å². The number of rotatable bonds is 27. The van der Waals surface area contributed by atoms with Crippen molar-refractivity contribution in [2.24, 2.45) is 11.8 Å². The number of carbonyl (C=O) groups excluding carboxylic acids is 2. The summed E-state index contributed by atoms with van der Waals surface area (Å²) in [6.07, 6.45) is 15.9. The molecule has 0 bridgehead atoms. The molecule has 4 fully saturated rings. The zero-order valence-corrected chi connectivity index (χ0v) is 57.5. The van der Waals surface area contributed by atoms with Crippen molar-refractivity contribution in [1.29, 1.82) is 0 Å². The highest BCUT2D eigenvalue weighted by Gasteiger charge is 2.32. The molecule has 7 aliphatic rings. The molecule has 1 amide bonds. The summed E-state index contributed by atoms with van der Waals surface area (Å²) in [5, 5.41) is 0. The number of ketones is 1. The number of nitrogen functional groups attached to an aromatic ring is 3. The molecule has 2 aromatic carbocycles. The lowest BCUT2D eigenvalue weighted by atomic mass is 9.92. The number of piperidine rings is 1. The van der Waals surface area contributed by atoms with Crippen LogP contribution in [-0.4, -0.2) is 198 Å². The molecule has 1 aliphatic carbocycles. The van der Waals surface area contributed by atoms with Gasteiger partial charge in [0, 0.05) is 121 Å². The van der Waals surface area contributed by atoms with Gasteiger partial charge in [-0.25, -0.2) is 0 Å². The Labute approximate surface area is 572 Å². The second kappa shape index (κ2) is 36.1. The Kier molecular flexibility index (Phi) is 27.3. The van der Waals surface area contributed by atoms with Crippen molar-refractivity contribution >= 4 is 46.6 Å². The maximum Gasteiger partial charge on any atom is 0.320 e. The van der Waals surface area contributed by atoms with E-state index in [2.05, 4.69) is 120 Å². The molecule has 96 heavy (non-hydrogen) atoms. The molecule has 22 nitrogen and oxygen atoms in total. The first kappa shape index (κ1) is 72.6. The highest BCUT2D eigenvalue weighted by molar-refractivity contribution is 5.91. The Balaban J connectivity index is 0.000000171. The van der Waals surface area contributed by atoms with Crippen molar-refractivity contribution in [3.8, 4) is 18.0 Å². The predicted molar refractivity (Wildman–Crippen MR) is 386 cm³/mol. The second-order valence-electron chi connectivity index (χ2n) is 27.2. The summed E-state index contributed by atoms with van der Waals surface area (Å²) in [7, 11) is 2.13. The molecule has 12 rings (SSSR count). The van der Waals surface area contributed by atoms with E-state index in [1.807, 2.05) is 34.9 Å². The number of Topliss-reactive ketones (excluding diaryl/α,β-unsaturated/α-hetero) is 1. The Bertz CT molecular complexity index is 3330. The molecule has 0 atom stereocenters. The number of anilines is 6. The lowest BCUT2D eigenvalue weighted by molar-refractivity contribution is -0.133. The van der Waals surface area contributed by atoms with Gasteiger partial charge in [-0.1, -0.05) is 113 Å². The maximum absolute atomic E-state index is 13.4. The number of amides is 1. The fraction of sp³-hybridized carbons (Fsp3) is 0.595. The summed E-state index contributed by atoms with van der Waals surface area (Å²) < 4.78 is 17.0. The van der Waals surface area contributed by atoms with Crippen LogP contribution in [0.2, 0.25) is 0 Å². The number of ether oxygens (including phenoxy) is 3. The van der Waals surface area contributed by atoms with Crippen LogP contribution in [0.3, 0.4) is 0 Å². The molecule has 6 N–H and O–H groups in total. The molecule has 1 saturated carbocycles. The van der Waals surface area contributed by atoms with Gasteiger partial charge in [0.1, 0.15) is 34.9 Å². The Morgan fingerprint density at radius 3 is 1.69 bits per heavy atom. The number of likely N-dealkylation sites (N-methyl/N-ethyl adjacent to an activating group) is 1. The standard InChI is InChI=1S/C29H43N7O2.C23H37N5O.C21H27N5O2.CH4/c1-4-5-18-38-29-31-27(30)25-19-23(2)20-36(28(25)32-29)13-9-12-35(21-24-10-7-6-8-11-24)26(37)22-34-16-14-33(3)15-17-34;1-3-4-13-29-23-25-21(24)20-14-17(2)15-28(22(20)26-23)12-9-18-7-10-27(11-8-18)16-19-5-6-19;1-2-28-21-23-19(22)18-11-17(27)14-26(20(18)24-21)13-16-7-5-6-15(10-16)12-25-8-3-4-9-25;/h6-8,10-11H,2,4-5,9,12-22H2,1,3H3,(H2,30,31,32);18-19H,2-16H2,1H3,(H2,24,25,26);5-7,10H,2-4,8-9,11-14H2,1H3,(H2,22,23,24);1H4. The first-order valence-electron chi connectivity index (χ1n) is 35.4. The summed E-state index contributed by atoms with van der Waals surface area (Å²) in [6.45, 7) is 33.4. The van der Waals surface area contributed by atoms with Crippen LogP contribution in [0.25, 0.3) is 0 Å². The van der Waals surface area contributed by atoms with Crippen molar-refractivity contribution in [2.75, 3.05) is 163 Å². The smallest absolute Gasteiger partial charge is 0.320 e. The lowest BCUT2D eigenvalue weighted by Gasteiger charge is -2.35. The van der Waals surface area contributed by atoms with Crippen LogP contribution in [0, 0.1) is 11.8 Å². The van der Waals surface area contributed by atoms with E-state index in [0.29, 0.717) is 106 Å². The van der Waals surface area contributed by atoms with Gasteiger partial charge in [-0.3, -0.25) is 19.4 Å². The fourth-order valence-electron chi connectivity index (χ4n) is 13.5. The number of unbranched alkanes of at least 4 members (excludes halogenated alkanes) is 2. The van der Waals surface area contributed by atoms with Gasteiger partial charge in [0.25, 0.3) is 0 Å². The van der Waals surface area contributed by atoms with Crippen molar-refractivity contribution in [2.45, 2.75) is 144 Å². The molecule has 522 valence electrons. The van der Waals surface area contributed by atoms with Crippen LogP contribution in [0.4, 0.5) is 34.9 Å². The Morgan fingerprint density at radius 2 is 1.11 bits per heavy atom. The van der Waals surface area contributed by atoms with Gasteiger partial charge in [-0.15, -0.1) is 0 Å². The van der Waals surface area contributed by atoms with Gasteiger partial charge in [0.2, 0.25) is 5.91 Å². The number of aromatic nitrogens is 6. The van der Waals surface area contributed by atoms with E-state index < -0.39 is 0 Å². The van der Waals surface area contributed by atoms with Crippen LogP contribution in [0.5, 0.6) is 18.0 Å². The number of hydrogen-bond donors (Lipinski definition) is 3.